The highest BCUT2D eigenvalue weighted by molar-refractivity contribution is 7.80. The van der Waals surface area contributed by atoms with Crippen LogP contribution in [0, 0.1) is 6.92 Å². The molecule has 0 N–H and O–H groups in total. The van der Waals surface area contributed by atoms with Crippen molar-refractivity contribution >= 4 is 10.4 Å². The Kier molecular flexibility index (Phi) is 16.5. The van der Waals surface area contributed by atoms with Crippen LogP contribution in [0.2, 0.25) is 0 Å². The minimum atomic E-state index is -4.41. The number of aromatic nitrogens is 1. The summed E-state index contributed by atoms with van der Waals surface area (Å²) in [6.45, 7) is 5.63. The van der Waals surface area contributed by atoms with E-state index in [0.717, 1.165) is 7.11 Å². The lowest BCUT2D eigenvalue weighted by Gasteiger charge is -2.02. The molecule has 0 radical (unpaired) electrons. The molecule has 1 rings (SSSR count). The van der Waals surface area contributed by atoms with E-state index in [1.165, 1.54) is 89.2 Å². The van der Waals surface area contributed by atoms with Gasteiger partial charge in [-0.2, -0.15) is 0 Å². The minimum absolute atomic E-state index is 0.808. The summed E-state index contributed by atoms with van der Waals surface area (Å²) in [5.41, 5.74) is 1.36. The Balaban J connectivity index is 0.000000972. The van der Waals surface area contributed by atoms with Gasteiger partial charge in [0.25, 0.3) is 0 Å². The van der Waals surface area contributed by atoms with Gasteiger partial charge in [-0.25, -0.2) is 13.0 Å². The highest BCUT2D eigenvalue weighted by atomic mass is 32.3. The number of aryl methyl sites for hydroxylation is 2. The van der Waals surface area contributed by atoms with E-state index in [-0.39, 0.29) is 0 Å². The molecule has 1 heterocycles. The van der Waals surface area contributed by atoms with Crippen LogP contribution in [0.25, 0.3) is 0 Å². The summed E-state index contributed by atoms with van der Waals surface area (Å²) in [5, 5.41) is 0. The zero-order chi connectivity index (χ0) is 20.4. The van der Waals surface area contributed by atoms with Crippen molar-refractivity contribution in [2.75, 3.05) is 7.11 Å². The van der Waals surface area contributed by atoms with Crippen molar-refractivity contribution in [3.63, 3.8) is 0 Å². The Morgan fingerprint density at radius 1 is 0.926 bits per heavy atom. The van der Waals surface area contributed by atoms with Gasteiger partial charge >= 0.3 is 0 Å². The van der Waals surface area contributed by atoms with Crippen molar-refractivity contribution in [3.05, 3.63) is 30.1 Å². The molecule has 0 unspecified atom stereocenters. The first kappa shape index (κ1) is 26.0. The third-order valence-electron chi connectivity index (χ3n) is 4.48. The van der Waals surface area contributed by atoms with Crippen LogP contribution in [0.1, 0.15) is 89.5 Å². The molecule has 0 amide bonds. The molecule has 5 nitrogen and oxygen atoms in total. The number of rotatable bonds is 14. The van der Waals surface area contributed by atoms with Gasteiger partial charge in [0.05, 0.1) is 7.11 Å². The fourth-order valence-corrected chi connectivity index (χ4v) is 2.93. The molecule has 158 valence electrons. The predicted molar refractivity (Wildman–Crippen MR) is 109 cm³/mol. The normalized spacial score (nSPS) is 11.1. The van der Waals surface area contributed by atoms with E-state index in [0.29, 0.717) is 0 Å². The summed E-state index contributed by atoms with van der Waals surface area (Å²) in [4.78, 5) is 0. The molecule has 27 heavy (non-hydrogen) atoms. The van der Waals surface area contributed by atoms with Gasteiger partial charge in [0.15, 0.2) is 12.4 Å². The first-order valence-corrected chi connectivity index (χ1v) is 11.7. The van der Waals surface area contributed by atoms with Crippen LogP contribution in [0.5, 0.6) is 0 Å². The van der Waals surface area contributed by atoms with Crippen molar-refractivity contribution in [2.24, 2.45) is 0 Å². The topological polar surface area (TPSA) is 70.3 Å². The highest BCUT2D eigenvalue weighted by Gasteiger charge is 2.00. The highest BCUT2D eigenvalue weighted by Crippen LogP contribution is 2.11. The molecule has 0 spiro atoms. The lowest BCUT2D eigenvalue weighted by molar-refractivity contribution is -0.697. The Morgan fingerprint density at radius 3 is 1.78 bits per heavy atom. The van der Waals surface area contributed by atoms with Crippen LogP contribution < -0.4 is 4.57 Å². The van der Waals surface area contributed by atoms with Gasteiger partial charge in [0, 0.05) is 18.1 Å². The van der Waals surface area contributed by atoms with Crippen LogP contribution in [0.3, 0.4) is 0 Å². The van der Waals surface area contributed by atoms with Crippen LogP contribution in [-0.4, -0.2) is 20.1 Å². The number of nitrogens with zero attached hydrogens (tertiary/aromatic N) is 1. The minimum Gasteiger partial charge on any atom is -0.726 e. The second-order valence-corrected chi connectivity index (χ2v) is 8.23. The molecule has 1 aromatic heterocycles. The van der Waals surface area contributed by atoms with Gasteiger partial charge in [-0.1, -0.05) is 71.1 Å². The van der Waals surface area contributed by atoms with E-state index in [1.807, 2.05) is 0 Å². The monoisotopic (exact) mass is 401 g/mol. The maximum absolute atomic E-state index is 9.22. The first-order chi connectivity index (χ1) is 12.9. The Hall–Kier alpha value is -0.980. The zero-order valence-corrected chi connectivity index (χ0v) is 18.3. The summed E-state index contributed by atoms with van der Waals surface area (Å²) in [6, 6.07) is 4.31. The third-order valence-corrected chi connectivity index (χ3v) is 4.89. The summed E-state index contributed by atoms with van der Waals surface area (Å²) in [6.07, 6.45) is 21.5. The lowest BCUT2D eigenvalue weighted by Crippen LogP contribution is -2.32. The molecular formula is C21H39NO4S. The van der Waals surface area contributed by atoms with E-state index in [2.05, 4.69) is 47.1 Å². The van der Waals surface area contributed by atoms with Gasteiger partial charge < -0.3 is 4.55 Å². The summed E-state index contributed by atoms with van der Waals surface area (Å²) < 4.78 is 33.3. The van der Waals surface area contributed by atoms with Crippen LogP contribution in [-0.2, 0) is 21.1 Å². The second kappa shape index (κ2) is 17.1. The van der Waals surface area contributed by atoms with Gasteiger partial charge in [0.1, 0.15) is 6.54 Å². The average molecular weight is 402 g/mol. The standard InChI is InChI=1S/C20H36N.CH4O4S/c1-3-4-5-6-7-8-9-10-11-12-13-14-17-21-18-15-16-20(2)19-21;1-5-6(2,3)4/h15-16,18-19H,3-14,17H2,1-2H3;1H3,(H,2,3,4)/q+1;/p-1. The van der Waals surface area contributed by atoms with Gasteiger partial charge in [-0.15, -0.1) is 0 Å². The molecule has 0 aliphatic heterocycles. The summed E-state index contributed by atoms with van der Waals surface area (Å²) >= 11 is 0. The Labute approximate surface area is 167 Å². The molecule has 0 fully saturated rings. The van der Waals surface area contributed by atoms with Gasteiger partial charge in [-0.3, -0.25) is 4.18 Å². The smallest absolute Gasteiger partial charge is 0.217 e. The fourth-order valence-electron chi connectivity index (χ4n) is 2.93. The Bertz CT molecular complexity index is 561. The zero-order valence-electron chi connectivity index (χ0n) is 17.5. The van der Waals surface area contributed by atoms with Crippen molar-refractivity contribution in [2.45, 2.75) is 97.4 Å². The molecule has 0 aromatic carbocycles. The average Bonchev–Trinajstić information content (AvgIpc) is 2.63. The molecule has 0 atom stereocenters. The summed E-state index contributed by atoms with van der Waals surface area (Å²) in [7, 11) is -3.60. The predicted octanol–water partition coefficient (Wildman–Crippen LogP) is 5.08. The molecule has 6 heteroatoms. The largest absolute Gasteiger partial charge is 0.726 e. The first-order valence-electron chi connectivity index (χ1n) is 10.4. The molecule has 0 bridgehead atoms. The maximum atomic E-state index is 9.22. The van der Waals surface area contributed by atoms with Crippen LogP contribution in [0.15, 0.2) is 24.5 Å². The molecule has 0 aliphatic carbocycles. The van der Waals surface area contributed by atoms with E-state index in [4.69, 9.17) is 0 Å². The van der Waals surface area contributed by atoms with E-state index in [9.17, 15) is 13.0 Å². The number of hydrogen-bond acceptors (Lipinski definition) is 4. The van der Waals surface area contributed by atoms with Crippen LogP contribution in [0.4, 0.5) is 0 Å². The number of pyridine rings is 1. The molecule has 0 saturated carbocycles. The van der Waals surface area contributed by atoms with E-state index in [1.54, 1.807) is 0 Å². The fraction of sp³-hybridized carbons (Fsp3) is 0.762. The Morgan fingerprint density at radius 2 is 1.37 bits per heavy atom. The molecule has 0 aliphatic rings. The van der Waals surface area contributed by atoms with Crippen LogP contribution >= 0.6 is 0 Å². The number of unbranched alkanes of at least 4 members (excludes halogenated alkanes) is 11. The lowest BCUT2D eigenvalue weighted by atomic mass is 10.1. The van der Waals surface area contributed by atoms with Crippen molar-refractivity contribution in [3.8, 4) is 0 Å². The van der Waals surface area contributed by atoms with Crippen molar-refractivity contribution < 1.29 is 21.7 Å². The second-order valence-electron chi connectivity index (χ2n) is 7.08. The molecule has 1 aromatic rings. The van der Waals surface area contributed by atoms with E-state index < -0.39 is 10.4 Å². The van der Waals surface area contributed by atoms with Gasteiger partial charge in [0.2, 0.25) is 10.4 Å². The van der Waals surface area contributed by atoms with Crippen molar-refractivity contribution in [1.29, 1.82) is 0 Å². The quantitative estimate of drug-likeness (QED) is 0.189. The van der Waals surface area contributed by atoms with E-state index >= 15 is 0 Å². The SMILES string of the molecule is CCCCCCCCCCCCCC[n+]1cccc(C)c1.COS(=O)(=O)[O-]. The molecular weight excluding hydrogens is 362 g/mol. The summed E-state index contributed by atoms with van der Waals surface area (Å²) in [5.74, 6) is 0. The van der Waals surface area contributed by atoms with Gasteiger partial charge in [-0.05, 0) is 19.4 Å². The third kappa shape index (κ3) is 19.6. The maximum Gasteiger partial charge on any atom is 0.217 e. The van der Waals surface area contributed by atoms with Crippen molar-refractivity contribution in [1.82, 2.24) is 0 Å². The molecule has 0 saturated heterocycles. The number of hydrogen-bond donors (Lipinski definition) is 0.